The molecule has 0 atom stereocenters. The quantitative estimate of drug-likeness (QED) is 0.655. The van der Waals surface area contributed by atoms with Crippen molar-refractivity contribution in [3.63, 3.8) is 0 Å². The van der Waals surface area contributed by atoms with E-state index >= 15 is 0 Å². The number of carbonyl (C=O) groups is 1. The normalized spacial score (nSPS) is 12.4. The van der Waals surface area contributed by atoms with Crippen LogP contribution in [0.15, 0.2) is 24.3 Å². The van der Waals surface area contributed by atoms with Crippen LogP contribution in [0.5, 0.6) is 0 Å². The summed E-state index contributed by atoms with van der Waals surface area (Å²) in [4.78, 5) is 11.7. The Morgan fingerprint density at radius 1 is 1.22 bits per heavy atom. The highest BCUT2D eigenvalue weighted by Crippen LogP contribution is 2.25. The molecule has 0 aromatic heterocycles. The summed E-state index contributed by atoms with van der Waals surface area (Å²) in [6.45, 7) is 10.5. The Balaban J connectivity index is 2.71. The van der Waals surface area contributed by atoms with E-state index in [9.17, 15) is 14.9 Å². The molecular formula is C17H28BNO4. The summed E-state index contributed by atoms with van der Waals surface area (Å²) in [7, 11) is -1.14. The van der Waals surface area contributed by atoms with E-state index in [0.717, 1.165) is 5.56 Å². The van der Waals surface area contributed by atoms with Crippen LogP contribution in [-0.4, -0.2) is 40.4 Å². The Morgan fingerprint density at radius 2 is 1.74 bits per heavy atom. The fourth-order valence-corrected chi connectivity index (χ4v) is 1.85. The molecule has 0 spiro atoms. The molecule has 0 aliphatic rings. The van der Waals surface area contributed by atoms with Crippen LogP contribution in [-0.2, 0) is 15.9 Å². The Bertz CT molecular complexity index is 520. The molecular weight excluding hydrogens is 293 g/mol. The van der Waals surface area contributed by atoms with Crippen molar-refractivity contribution in [1.82, 2.24) is 5.32 Å². The van der Waals surface area contributed by atoms with Gasteiger partial charge in [-0.15, -0.1) is 0 Å². The molecule has 0 aliphatic carbocycles. The molecule has 1 rings (SSSR count). The summed E-state index contributed by atoms with van der Waals surface area (Å²) in [6, 6.07) is 7.14. The molecule has 1 aromatic rings. The van der Waals surface area contributed by atoms with Crippen molar-refractivity contribution in [3.8, 4) is 0 Å². The van der Waals surface area contributed by atoms with Gasteiger partial charge in [-0.1, -0.05) is 24.3 Å². The monoisotopic (exact) mass is 321 g/mol. The standard InChI is InChI=1S/C17H28BNO4/c1-12(2)19-15(20)11-13-7-9-14(10-8-13)18(22)23-17(5,6)16(3,4)21/h7-10,12,21-22H,11H2,1-6H3,(H,19,20). The highest BCUT2D eigenvalue weighted by atomic mass is 16.5. The molecule has 3 N–H and O–H groups in total. The maximum absolute atomic E-state index is 11.7. The number of nitrogens with one attached hydrogen (secondary N) is 1. The molecule has 0 fully saturated rings. The molecule has 0 radical (unpaired) electrons. The summed E-state index contributed by atoms with van der Waals surface area (Å²) in [5.41, 5.74) is -0.568. The average Bonchev–Trinajstić information content (AvgIpc) is 2.36. The van der Waals surface area contributed by atoms with Gasteiger partial charge in [-0.2, -0.15) is 0 Å². The van der Waals surface area contributed by atoms with E-state index in [1.165, 1.54) is 0 Å². The van der Waals surface area contributed by atoms with Crippen molar-refractivity contribution in [2.45, 2.75) is 65.2 Å². The highest BCUT2D eigenvalue weighted by Gasteiger charge is 2.39. The molecule has 0 heterocycles. The largest absolute Gasteiger partial charge is 0.491 e. The molecule has 1 aromatic carbocycles. The molecule has 23 heavy (non-hydrogen) atoms. The van der Waals surface area contributed by atoms with Crippen molar-refractivity contribution in [3.05, 3.63) is 29.8 Å². The second-order valence-electron chi connectivity index (χ2n) is 7.18. The lowest BCUT2D eigenvalue weighted by Crippen LogP contribution is -2.53. The minimum atomic E-state index is -1.14. The first-order valence-electron chi connectivity index (χ1n) is 7.89. The van der Waals surface area contributed by atoms with E-state index in [-0.39, 0.29) is 11.9 Å². The molecule has 0 saturated carbocycles. The van der Waals surface area contributed by atoms with Crippen LogP contribution in [0.3, 0.4) is 0 Å². The SMILES string of the molecule is CC(C)NC(=O)Cc1ccc(B(O)OC(C)(C)C(C)(C)O)cc1. The van der Waals surface area contributed by atoms with Gasteiger partial charge in [0.25, 0.3) is 0 Å². The van der Waals surface area contributed by atoms with E-state index in [2.05, 4.69) is 5.32 Å². The third-order valence-electron chi connectivity index (χ3n) is 3.96. The minimum Gasteiger partial charge on any atom is -0.423 e. The van der Waals surface area contributed by atoms with E-state index in [0.29, 0.717) is 11.9 Å². The maximum atomic E-state index is 11.7. The molecule has 0 unspecified atom stereocenters. The Labute approximate surface area is 139 Å². The minimum absolute atomic E-state index is 0.0345. The molecule has 0 bridgehead atoms. The molecule has 5 nitrogen and oxygen atoms in total. The second kappa shape index (κ2) is 7.47. The zero-order chi connectivity index (χ0) is 17.8. The number of benzene rings is 1. The van der Waals surface area contributed by atoms with Gasteiger partial charge in [0.15, 0.2) is 0 Å². The lowest BCUT2D eigenvalue weighted by molar-refractivity contribution is -0.120. The van der Waals surface area contributed by atoms with Crippen molar-refractivity contribution in [2.24, 2.45) is 0 Å². The third kappa shape index (κ3) is 5.97. The predicted molar refractivity (Wildman–Crippen MR) is 92.5 cm³/mol. The summed E-state index contributed by atoms with van der Waals surface area (Å²) in [5, 5.41) is 23.1. The molecule has 128 valence electrons. The fourth-order valence-electron chi connectivity index (χ4n) is 1.85. The Hall–Kier alpha value is -1.37. The maximum Gasteiger partial charge on any atom is 0.491 e. The number of carbonyl (C=O) groups excluding carboxylic acids is 1. The fraction of sp³-hybridized carbons (Fsp3) is 0.588. The smallest absolute Gasteiger partial charge is 0.423 e. The number of hydrogen-bond acceptors (Lipinski definition) is 4. The number of rotatable bonds is 7. The van der Waals surface area contributed by atoms with Crippen LogP contribution >= 0.6 is 0 Å². The van der Waals surface area contributed by atoms with Crippen LogP contribution in [0.2, 0.25) is 0 Å². The lowest BCUT2D eigenvalue weighted by atomic mass is 9.76. The van der Waals surface area contributed by atoms with Crippen molar-refractivity contribution in [1.29, 1.82) is 0 Å². The zero-order valence-electron chi connectivity index (χ0n) is 14.9. The van der Waals surface area contributed by atoms with Gasteiger partial charge in [0.2, 0.25) is 5.91 Å². The summed E-state index contributed by atoms with van der Waals surface area (Å²) in [5.74, 6) is -0.0345. The number of aliphatic hydroxyl groups is 1. The van der Waals surface area contributed by atoms with E-state index in [4.69, 9.17) is 4.65 Å². The van der Waals surface area contributed by atoms with Gasteiger partial charge in [-0.05, 0) is 52.6 Å². The average molecular weight is 321 g/mol. The number of hydrogen-bond donors (Lipinski definition) is 3. The molecule has 6 heteroatoms. The number of amides is 1. The van der Waals surface area contributed by atoms with Crippen LogP contribution in [0.25, 0.3) is 0 Å². The van der Waals surface area contributed by atoms with Crippen molar-refractivity contribution < 1.29 is 19.6 Å². The second-order valence-corrected chi connectivity index (χ2v) is 7.18. The lowest BCUT2D eigenvalue weighted by Gasteiger charge is -2.38. The zero-order valence-corrected chi connectivity index (χ0v) is 14.9. The third-order valence-corrected chi connectivity index (χ3v) is 3.96. The van der Waals surface area contributed by atoms with Gasteiger partial charge in [-0.25, -0.2) is 0 Å². The predicted octanol–water partition coefficient (Wildman–Crippen LogP) is 1.01. The van der Waals surface area contributed by atoms with Gasteiger partial charge in [0, 0.05) is 6.04 Å². The van der Waals surface area contributed by atoms with Crippen LogP contribution < -0.4 is 10.8 Å². The van der Waals surface area contributed by atoms with E-state index in [1.54, 1.807) is 52.0 Å². The first kappa shape index (κ1) is 19.7. The first-order valence-corrected chi connectivity index (χ1v) is 7.89. The van der Waals surface area contributed by atoms with Crippen LogP contribution in [0.4, 0.5) is 0 Å². The summed E-state index contributed by atoms with van der Waals surface area (Å²) in [6.07, 6.45) is 0.296. The Kier molecular flexibility index (Phi) is 6.39. The van der Waals surface area contributed by atoms with E-state index in [1.807, 2.05) is 13.8 Å². The van der Waals surface area contributed by atoms with Crippen molar-refractivity contribution >= 4 is 18.5 Å². The van der Waals surface area contributed by atoms with Crippen molar-refractivity contribution in [2.75, 3.05) is 0 Å². The molecule has 0 saturated heterocycles. The van der Waals surface area contributed by atoms with Crippen LogP contribution in [0, 0.1) is 0 Å². The summed E-state index contributed by atoms with van der Waals surface area (Å²) < 4.78 is 5.59. The Morgan fingerprint density at radius 3 is 2.17 bits per heavy atom. The van der Waals surface area contributed by atoms with E-state index < -0.39 is 18.3 Å². The summed E-state index contributed by atoms with van der Waals surface area (Å²) >= 11 is 0. The van der Waals surface area contributed by atoms with Gasteiger partial charge in [0.05, 0.1) is 17.6 Å². The van der Waals surface area contributed by atoms with Crippen LogP contribution in [0.1, 0.15) is 47.1 Å². The van der Waals surface area contributed by atoms with Gasteiger partial charge in [-0.3, -0.25) is 4.79 Å². The first-order chi connectivity index (χ1) is 10.4. The van der Waals surface area contributed by atoms with Gasteiger partial charge in [0.1, 0.15) is 0 Å². The topological polar surface area (TPSA) is 78.8 Å². The van der Waals surface area contributed by atoms with Gasteiger partial charge < -0.3 is 20.1 Å². The molecule has 1 amide bonds. The van der Waals surface area contributed by atoms with Gasteiger partial charge >= 0.3 is 7.12 Å². The molecule has 0 aliphatic heterocycles. The highest BCUT2D eigenvalue weighted by molar-refractivity contribution is 6.60.